The minimum absolute atomic E-state index is 0.0861. The number of hydrogen-bond donors (Lipinski definition) is 1. The fourth-order valence-corrected chi connectivity index (χ4v) is 2.51. The molecule has 2 aliphatic heterocycles. The average Bonchev–Trinajstić information content (AvgIpc) is 2.34. The van der Waals surface area contributed by atoms with Crippen molar-refractivity contribution in [3.63, 3.8) is 0 Å². The van der Waals surface area contributed by atoms with Crippen LogP contribution in [0.25, 0.3) is 0 Å². The van der Waals surface area contributed by atoms with Crippen LogP contribution in [0.15, 0.2) is 12.7 Å². The van der Waals surface area contributed by atoms with Crippen molar-refractivity contribution in [3.05, 3.63) is 12.7 Å². The molecular formula is C13H20N2O3. The van der Waals surface area contributed by atoms with Crippen LogP contribution in [0, 0.1) is 5.92 Å². The van der Waals surface area contributed by atoms with E-state index in [4.69, 9.17) is 0 Å². The number of β-amino-alcohol motifs (C(OH)–C–C–N with tert-alkyl or cyclic N) is 1. The van der Waals surface area contributed by atoms with Crippen molar-refractivity contribution in [3.8, 4) is 0 Å². The molecule has 2 fully saturated rings. The Bertz CT molecular complexity index is 366. The van der Waals surface area contributed by atoms with E-state index in [1.165, 1.54) is 11.0 Å². The summed E-state index contributed by atoms with van der Waals surface area (Å²) in [6, 6.07) is 0. The lowest BCUT2D eigenvalue weighted by Gasteiger charge is -2.47. The second kappa shape index (κ2) is 4.72. The molecule has 0 unspecified atom stereocenters. The maximum atomic E-state index is 12.2. The molecule has 0 bridgehead atoms. The molecule has 0 aromatic heterocycles. The lowest BCUT2D eigenvalue weighted by molar-refractivity contribution is -0.175. The number of amides is 2. The number of rotatable bonds is 2. The molecule has 2 saturated heterocycles. The minimum Gasteiger partial charge on any atom is -0.377 e. The molecule has 2 heterocycles. The van der Waals surface area contributed by atoms with Crippen molar-refractivity contribution >= 4 is 11.8 Å². The van der Waals surface area contributed by atoms with E-state index in [1.807, 2.05) is 0 Å². The van der Waals surface area contributed by atoms with Gasteiger partial charge in [-0.25, -0.2) is 0 Å². The largest absolute Gasteiger partial charge is 0.377 e. The van der Waals surface area contributed by atoms with E-state index < -0.39 is 5.60 Å². The van der Waals surface area contributed by atoms with Gasteiger partial charge in [-0.1, -0.05) is 13.5 Å². The highest BCUT2D eigenvalue weighted by Crippen LogP contribution is 2.26. The fourth-order valence-electron chi connectivity index (χ4n) is 2.51. The molecule has 5 heteroatoms. The SMILES string of the molecule is C=CC(=O)N1CC(O)(C(=O)N2CCC(C)CC2)C1. The van der Waals surface area contributed by atoms with Gasteiger partial charge in [0.2, 0.25) is 5.91 Å². The van der Waals surface area contributed by atoms with Crippen LogP contribution in [-0.2, 0) is 9.59 Å². The minimum atomic E-state index is -1.38. The van der Waals surface area contributed by atoms with Crippen LogP contribution in [0.1, 0.15) is 19.8 Å². The van der Waals surface area contributed by atoms with Gasteiger partial charge in [0.1, 0.15) is 0 Å². The Labute approximate surface area is 107 Å². The molecule has 18 heavy (non-hydrogen) atoms. The summed E-state index contributed by atoms with van der Waals surface area (Å²) in [4.78, 5) is 26.6. The molecule has 2 amide bonds. The molecule has 100 valence electrons. The Morgan fingerprint density at radius 3 is 2.33 bits per heavy atom. The quantitative estimate of drug-likeness (QED) is 0.704. The van der Waals surface area contributed by atoms with Gasteiger partial charge in [0.25, 0.3) is 5.91 Å². The van der Waals surface area contributed by atoms with Crippen LogP contribution < -0.4 is 0 Å². The zero-order chi connectivity index (χ0) is 13.3. The van der Waals surface area contributed by atoms with Crippen molar-refractivity contribution in [1.82, 2.24) is 9.80 Å². The molecule has 0 atom stereocenters. The molecule has 5 nitrogen and oxygen atoms in total. The topological polar surface area (TPSA) is 60.9 Å². The number of likely N-dealkylation sites (tertiary alicyclic amines) is 2. The molecule has 0 aliphatic carbocycles. The summed E-state index contributed by atoms with van der Waals surface area (Å²) in [5.74, 6) is 0.172. The van der Waals surface area contributed by atoms with Crippen LogP contribution in [0.5, 0.6) is 0 Å². The lowest BCUT2D eigenvalue weighted by Crippen LogP contribution is -2.70. The lowest BCUT2D eigenvalue weighted by atomic mass is 9.90. The first-order valence-electron chi connectivity index (χ1n) is 6.39. The smallest absolute Gasteiger partial charge is 0.258 e. The molecule has 2 aliphatic rings. The van der Waals surface area contributed by atoms with Crippen molar-refractivity contribution in [2.24, 2.45) is 5.92 Å². The molecule has 2 rings (SSSR count). The van der Waals surface area contributed by atoms with E-state index in [-0.39, 0.29) is 24.9 Å². The Kier molecular flexibility index (Phi) is 3.43. The highest BCUT2D eigenvalue weighted by molar-refractivity contribution is 5.93. The summed E-state index contributed by atoms with van der Waals surface area (Å²) in [6.45, 7) is 7.14. The summed E-state index contributed by atoms with van der Waals surface area (Å²) in [6.07, 6.45) is 3.17. The first-order valence-corrected chi connectivity index (χ1v) is 6.39. The van der Waals surface area contributed by atoms with Crippen molar-refractivity contribution in [2.45, 2.75) is 25.4 Å². The molecule has 0 saturated carbocycles. The normalized spacial score (nSPS) is 23.4. The Morgan fingerprint density at radius 1 is 1.28 bits per heavy atom. The third-order valence-corrected chi connectivity index (χ3v) is 3.86. The number of carbonyl (C=O) groups excluding carboxylic acids is 2. The summed E-state index contributed by atoms with van der Waals surface area (Å²) < 4.78 is 0. The van der Waals surface area contributed by atoms with Crippen molar-refractivity contribution in [1.29, 1.82) is 0 Å². The maximum absolute atomic E-state index is 12.2. The van der Waals surface area contributed by atoms with Crippen LogP contribution in [0.2, 0.25) is 0 Å². The molecule has 0 aromatic rings. The predicted octanol–water partition coefficient (Wildman–Crippen LogP) is 0.00420. The molecule has 0 aromatic carbocycles. The number of aliphatic hydroxyl groups is 1. The summed E-state index contributed by atoms with van der Waals surface area (Å²) in [5.41, 5.74) is -1.38. The highest BCUT2D eigenvalue weighted by atomic mass is 16.3. The van der Waals surface area contributed by atoms with Gasteiger partial charge in [0.05, 0.1) is 13.1 Å². The third kappa shape index (κ3) is 2.27. The average molecular weight is 252 g/mol. The van der Waals surface area contributed by atoms with E-state index in [2.05, 4.69) is 13.5 Å². The van der Waals surface area contributed by atoms with Gasteiger partial charge >= 0.3 is 0 Å². The van der Waals surface area contributed by atoms with E-state index in [0.29, 0.717) is 19.0 Å². The standard InChI is InChI=1S/C13H20N2O3/c1-3-11(16)15-8-13(18,9-15)12(17)14-6-4-10(2)5-7-14/h3,10,18H,1,4-9H2,2H3. The molecule has 0 spiro atoms. The zero-order valence-corrected chi connectivity index (χ0v) is 10.8. The maximum Gasteiger partial charge on any atom is 0.258 e. The van der Waals surface area contributed by atoms with Crippen LogP contribution >= 0.6 is 0 Å². The van der Waals surface area contributed by atoms with Crippen molar-refractivity contribution < 1.29 is 14.7 Å². The Morgan fingerprint density at radius 2 is 1.83 bits per heavy atom. The monoisotopic (exact) mass is 252 g/mol. The van der Waals surface area contributed by atoms with Crippen molar-refractivity contribution in [2.75, 3.05) is 26.2 Å². The number of hydrogen-bond acceptors (Lipinski definition) is 3. The number of piperidine rings is 1. The first-order chi connectivity index (χ1) is 8.46. The molecule has 0 radical (unpaired) electrons. The van der Waals surface area contributed by atoms with E-state index in [9.17, 15) is 14.7 Å². The van der Waals surface area contributed by atoms with E-state index in [0.717, 1.165) is 12.8 Å². The summed E-state index contributed by atoms with van der Waals surface area (Å²) in [7, 11) is 0. The molecular weight excluding hydrogens is 232 g/mol. The van der Waals surface area contributed by atoms with Gasteiger partial charge in [-0.15, -0.1) is 0 Å². The van der Waals surface area contributed by atoms with E-state index >= 15 is 0 Å². The second-order valence-electron chi connectivity index (χ2n) is 5.40. The Balaban J connectivity index is 1.90. The van der Waals surface area contributed by atoms with Gasteiger partial charge in [-0.05, 0) is 24.8 Å². The highest BCUT2D eigenvalue weighted by Gasteiger charge is 2.51. The summed E-state index contributed by atoms with van der Waals surface area (Å²) in [5, 5.41) is 10.2. The van der Waals surface area contributed by atoms with Crippen LogP contribution in [0.4, 0.5) is 0 Å². The number of carbonyl (C=O) groups is 2. The molecule has 1 N–H and O–H groups in total. The first kappa shape index (κ1) is 13.1. The van der Waals surface area contributed by atoms with Gasteiger partial charge in [-0.2, -0.15) is 0 Å². The second-order valence-corrected chi connectivity index (χ2v) is 5.40. The van der Waals surface area contributed by atoms with Gasteiger partial charge in [-0.3, -0.25) is 9.59 Å². The van der Waals surface area contributed by atoms with Crippen LogP contribution in [0.3, 0.4) is 0 Å². The number of nitrogens with zero attached hydrogens (tertiary/aromatic N) is 2. The van der Waals surface area contributed by atoms with Gasteiger partial charge in [0.15, 0.2) is 5.60 Å². The zero-order valence-electron chi connectivity index (χ0n) is 10.8. The fraction of sp³-hybridized carbons (Fsp3) is 0.692. The Hall–Kier alpha value is -1.36. The predicted molar refractivity (Wildman–Crippen MR) is 66.7 cm³/mol. The summed E-state index contributed by atoms with van der Waals surface area (Å²) >= 11 is 0. The van der Waals surface area contributed by atoms with E-state index in [1.54, 1.807) is 4.90 Å². The third-order valence-electron chi connectivity index (χ3n) is 3.86. The van der Waals surface area contributed by atoms with Gasteiger partial charge in [0, 0.05) is 13.1 Å². The van der Waals surface area contributed by atoms with Gasteiger partial charge < -0.3 is 14.9 Å². The van der Waals surface area contributed by atoms with Crippen LogP contribution in [-0.4, -0.2) is 58.5 Å².